The molecule has 0 aromatic heterocycles. The molecule has 1 aliphatic carbocycles. The first kappa shape index (κ1) is 19.8. The number of methoxy groups -OCH3 is 1. The predicted octanol–water partition coefficient (Wildman–Crippen LogP) is 5.56. The first-order chi connectivity index (χ1) is 12.0. The molecule has 1 aliphatic rings. The molecule has 1 aromatic carbocycles. The number of anilines is 1. The number of allylic oxidation sites excluding steroid dienone is 1. The predicted molar refractivity (Wildman–Crippen MR) is 113 cm³/mol. The molecule has 0 fully saturated rings. The summed E-state index contributed by atoms with van der Waals surface area (Å²) in [5.41, 5.74) is 2.68. The van der Waals surface area contributed by atoms with Gasteiger partial charge in [-0.1, -0.05) is 45.3 Å². The molecule has 1 aromatic rings. The van der Waals surface area contributed by atoms with Crippen LogP contribution < -0.4 is 4.90 Å². The number of ether oxygens (including phenoxy) is 1. The van der Waals surface area contributed by atoms with Crippen LogP contribution in [0.1, 0.15) is 33.3 Å². The molecule has 0 spiro atoms. The molecular weight excluding hydrogens is 325 g/mol. The van der Waals surface area contributed by atoms with E-state index in [0.717, 1.165) is 18.3 Å². The molecule has 0 saturated heterocycles. The van der Waals surface area contributed by atoms with Crippen molar-refractivity contribution in [3.63, 3.8) is 0 Å². The number of rotatable bonds is 8. The van der Waals surface area contributed by atoms with Crippen molar-refractivity contribution in [3.8, 4) is 0 Å². The SMILES string of the molecule is C=PCC(C)C(C)N(c1ccc(CC)cc1)C1C=CC(OC)=CC1C. The Morgan fingerprint density at radius 3 is 2.44 bits per heavy atom. The minimum atomic E-state index is 0.338. The topological polar surface area (TPSA) is 12.5 Å². The Labute approximate surface area is 155 Å². The highest BCUT2D eigenvalue weighted by molar-refractivity contribution is 7.36. The Morgan fingerprint density at radius 1 is 1.24 bits per heavy atom. The summed E-state index contributed by atoms with van der Waals surface area (Å²) in [6.07, 6.45) is 12.9. The van der Waals surface area contributed by atoms with Gasteiger partial charge in [0.05, 0.1) is 13.2 Å². The summed E-state index contributed by atoms with van der Waals surface area (Å²) in [7, 11) is 2.96. The van der Waals surface area contributed by atoms with Gasteiger partial charge in [0.2, 0.25) is 0 Å². The molecule has 136 valence electrons. The van der Waals surface area contributed by atoms with Crippen LogP contribution in [-0.2, 0) is 11.2 Å². The van der Waals surface area contributed by atoms with E-state index in [1.54, 1.807) is 7.11 Å². The second-order valence-electron chi connectivity index (χ2n) is 7.03. The molecule has 0 radical (unpaired) electrons. The molecule has 0 aliphatic heterocycles. The van der Waals surface area contributed by atoms with Crippen molar-refractivity contribution in [2.24, 2.45) is 11.8 Å². The molecule has 0 N–H and O–H groups in total. The zero-order valence-corrected chi connectivity index (χ0v) is 17.2. The largest absolute Gasteiger partial charge is 0.497 e. The van der Waals surface area contributed by atoms with Crippen molar-refractivity contribution in [2.75, 3.05) is 18.2 Å². The van der Waals surface area contributed by atoms with Gasteiger partial charge < -0.3 is 9.64 Å². The monoisotopic (exact) mass is 357 g/mol. The van der Waals surface area contributed by atoms with Crippen molar-refractivity contribution in [3.05, 3.63) is 53.8 Å². The van der Waals surface area contributed by atoms with Crippen LogP contribution in [0.4, 0.5) is 5.69 Å². The maximum absolute atomic E-state index is 5.42. The number of nitrogens with zero attached hydrogens (tertiary/aromatic N) is 1. The third-order valence-corrected chi connectivity index (χ3v) is 6.14. The Hall–Kier alpha value is -1.53. The van der Waals surface area contributed by atoms with Crippen LogP contribution in [0.15, 0.2) is 48.3 Å². The first-order valence-corrected chi connectivity index (χ1v) is 10.5. The van der Waals surface area contributed by atoms with Crippen LogP contribution in [0.5, 0.6) is 0 Å². The molecule has 3 heteroatoms. The van der Waals surface area contributed by atoms with Crippen LogP contribution in [0, 0.1) is 11.8 Å². The van der Waals surface area contributed by atoms with Crippen molar-refractivity contribution in [2.45, 2.75) is 46.2 Å². The summed E-state index contributed by atoms with van der Waals surface area (Å²) in [5.74, 6) is 1.94. The summed E-state index contributed by atoms with van der Waals surface area (Å²) in [4.78, 5) is 2.58. The summed E-state index contributed by atoms with van der Waals surface area (Å²) in [6.45, 7) is 9.16. The number of hydrogen-bond acceptors (Lipinski definition) is 2. The van der Waals surface area contributed by atoms with Crippen molar-refractivity contribution >= 4 is 20.2 Å². The van der Waals surface area contributed by atoms with E-state index >= 15 is 0 Å². The maximum atomic E-state index is 5.42. The minimum Gasteiger partial charge on any atom is -0.497 e. The Kier molecular flexibility index (Phi) is 7.32. The quantitative estimate of drug-likeness (QED) is 0.565. The van der Waals surface area contributed by atoms with E-state index in [-0.39, 0.29) is 0 Å². The molecule has 0 amide bonds. The second-order valence-corrected chi connectivity index (χ2v) is 7.85. The second kappa shape index (κ2) is 9.25. The molecular formula is C22H32NOP. The summed E-state index contributed by atoms with van der Waals surface area (Å²) in [6, 6.07) is 9.85. The van der Waals surface area contributed by atoms with Crippen LogP contribution in [0.25, 0.3) is 0 Å². The zero-order chi connectivity index (χ0) is 18.4. The van der Waals surface area contributed by atoms with Crippen LogP contribution in [-0.4, -0.2) is 31.7 Å². The highest BCUT2D eigenvalue weighted by Gasteiger charge is 2.30. The maximum Gasteiger partial charge on any atom is 0.114 e. The van der Waals surface area contributed by atoms with E-state index in [2.05, 4.69) is 81.4 Å². The Bertz CT molecular complexity index is 619. The van der Waals surface area contributed by atoms with Gasteiger partial charge in [0.15, 0.2) is 0 Å². The van der Waals surface area contributed by atoms with Gasteiger partial charge in [0, 0.05) is 17.6 Å². The van der Waals surface area contributed by atoms with Crippen molar-refractivity contribution in [1.82, 2.24) is 0 Å². The average Bonchev–Trinajstić information content (AvgIpc) is 2.63. The third kappa shape index (κ3) is 4.76. The van der Waals surface area contributed by atoms with Crippen LogP contribution >= 0.6 is 8.20 Å². The third-order valence-electron chi connectivity index (χ3n) is 5.30. The summed E-state index contributed by atoms with van der Waals surface area (Å²) in [5, 5.41) is 0. The lowest BCUT2D eigenvalue weighted by atomic mass is 9.90. The standard InChI is InChI=1S/C22H32NOP/c1-7-19-8-10-20(11-9-19)23(18(4)17(3)15-25-6)22-13-12-21(24-5)14-16(22)2/h8-14,16-18,22H,6-7,15H2,1-5H3. The lowest BCUT2D eigenvalue weighted by Gasteiger charge is -2.42. The zero-order valence-electron chi connectivity index (χ0n) is 16.3. The molecule has 4 atom stereocenters. The molecule has 2 nitrogen and oxygen atoms in total. The van der Waals surface area contributed by atoms with Gasteiger partial charge in [-0.25, -0.2) is 0 Å². The van der Waals surface area contributed by atoms with E-state index in [0.29, 0.717) is 23.9 Å². The van der Waals surface area contributed by atoms with Gasteiger partial charge in [0.25, 0.3) is 0 Å². The smallest absolute Gasteiger partial charge is 0.114 e. The van der Waals surface area contributed by atoms with Gasteiger partial charge in [0.1, 0.15) is 5.76 Å². The normalized spacial score (nSPS) is 22.4. The van der Waals surface area contributed by atoms with Crippen LogP contribution in [0.3, 0.4) is 0 Å². The Morgan fingerprint density at radius 2 is 1.92 bits per heavy atom. The minimum absolute atomic E-state index is 0.338. The van der Waals surface area contributed by atoms with E-state index in [1.165, 1.54) is 19.5 Å². The Balaban J connectivity index is 2.36. The molecule has 0 saturated carbocycles. The van der Waals surface area contributed by atoms with Gasteiger partial charge in [-0.15, -0.1) is 8.20 Å². The fourth-order valence-corrected chi connectivity index (χ4v) is 4.19. The molecule has 0 bridgehead atoms. The molecule has 25 heavy (non-hydrogen) atoms. The lowest BCUT2D eigenvalue weighted by molar-refractivity contribution is 0.296. The van der Waals surface area contributed by atoms with Gasteiger partial charge in [-0.2, -0.15) is 0 Å². The van der Waals surface area contributed by atoms with Crippen LogP contribution in [0.2, 0.25) is 0 Å². The van der Waals surface area contributed by atoms with Gasteiger partial charge in [-0.3, -0.25) is 0 Å². The average molecular weight is 357 g/mol. The van der Waals surface area contributed by atoms with Gasteiger partial charge >= 0.3 is 0 Å². The number of hydrogen-bond donors (Lipinski definition) is 0. The van der Waals surface area contributed by atoms with Crippen molar-refractivity contribution < 1.29 is 4.74 Å². The number of benzene rings is 1. The van der Waals surface area contributed by atoms with E-state index in [4.69, 9.17) is 4.74 Å². The summed E-state index contributed by atoms with van der Waals surface area (Å²) >= 11 is 0. The van der Waals surface area contributed by atoms with Crippen molar-refractivity contribution in [1.29, 1.82) is 0 Å². The molecule has 0 heterocycles. The van der Waals surface area contributed by atoms with E-state index < -0.39 is 0 Å². The van der Waals surface area contributed by atoms with Gasteiger partial charge in [-0.05, 0) is 55.3 Å². The molecule has 2 rings (SSSR count). The highest BCUT2D eigenvalue weighted by Crippen LogP contribution is 2.32. The fourth-order valence-electron chi connectivity index (χ4n) is 3.48. The first-order valence-electron chi connectivity index (χ1n) is 9.25. The fraction of sp³-hybridized carbons (Fsp3) is 0.500. The summed E-state index contributed by atoms with van der Waals surface area (Å²) < 4.78 is 5.42. The highest BCUT2D eigenvalue weighted by atomic mass is 31.1. The molecule has 4 unspecified atom stereocenters. The lowest BCUT2D eigenvalue weighted by Crippen LogP contribution is -2.48. The number of aryl methyl sites for hydroxylation is 1. The van der Waals surface area contributed by atoms with E-state index in [9.17, 15) is 0 Å². The van der Waals surface area contributed by atoms with E-state index in [1.807, 2.05) is 0 Å².